The number of likely N-dealkylation sites (tertiary alicyclic amines) is 1. The first kappa shape index (κ1) is 19.2. The third-order valence-corrected chi connectivity index (χ3v) is 4.54. The van der Waals surface area contributed by atoms with Crippen molar-refractivity contribution in [3.05, 3.63) is 29.8 Å². The summed E-state index contributed by atoms with van der Waals surface area (Å²) in [5.41, 5.74) is 0.963. The van der Waals surface area contributed by atoms with E-state index in [2.05, 4.69) is 15.5 Å². The Bertz CT molecular complexity index is 569. The van der Waals surface area contributed by atoms with Crippen molar-refractivity contribution >= 4 is 11.8 Å². The molecule has 0 saturated carbocycles. The number of nitrogens with one attached hydrogen (secondary N) is 2. The van der Waals surface area contributed by atoms with E-state index in [0.29, 0.717) is 13.1 Å². The highest BCUT2D eigenvalue weighted by Gasteiger charge is 2.25. The number of nitrogens with zero attached hydrogens (tertiary/aromatic N) is 1. The van der Waals surface area contributed by atoms with Gasteiger partial charge in [0.25, 0.3) is 0 Å². The minimum atomic E-state index is -0.000194. The summed E-state index contributed by atoms with van der Waals surface area (Å²) < 4.78 is 5.29. The second-order valence-electron chi connectivity index (χ2n) is 6.43. The van der Waals surface area contributed by atoms with Crippen molar-refractivity contribution in [3.63, 3.8) is 0 Å². The van der Waals surface area contributed by atoms with Gasteiger partial charge in [-0.25, -0.2) is 0 Å². The van der Waals surface area contributed by atoms with Crippen molar-refractivity contribution in [2.75, 3.05) is 33.3 Å². The van der Waals surface area contributed by atoms with Gasteiger partial charge in [0.05, 0.1) is 13.7 Å². The molecule has 1 saturated heterocycles. The quantitative estimate of drug-likeness (QED) is 0.748. The minimum absolute atomic E-state index is 0.000194. The molecule has 6 heteroatoms. The van der Waals surface area contributed by atoms with Crippen LogP contribution in [-0.2, 0) is 16.1 Å². The van der Waals surface area contributed by atoms with Crippen molar-refractivity contribution < 1.29 is 14.3 Å². The lowest BCUT2D eigenvalue weighted by Gasteiger charge is -2.30. The van der Waals surface area contributed by atoms with E-state index in [0.717, 1.165) is 50.2 Å². The Balaban J connectivity index is 1.71. The minimum Gasteiger partial charge on any atom is -0.496 e. The molecule has 1 aliphatic heterocycles. The van der Waals surface area contributed by atoms with Gasteiger partial charge in [-0.15, -0.1) is 0 Å². The molecule has 0 spiro atoms. The van der Waals surface area contributed by atoms with Crippen molar-refractivity contribution in [2.45, 2.75) is 32.7 Å². The van der Waals surface area contributed by atoms with Crippen LogP contribution in [0.2, 0.25) is 0 Å². The fourth-order valence-corrected chi connectivity index (χ4v) is 3.05. The lowest BCUT2D eigenvalue weighted by atomic mass is 9.96. The van der Waals surface area contributed by atoms with E-state index < -0.39 is 0 Å². The molecule has 1 heterocycles. The number of ether oxygens (including phenoxy) is 1. The third-order valence-electron chi connectivity index (χ3n) is 4.54. The smallest absolute Gasteiger partial charge is 0.234 e. The van der Waals surface area contributed by atoms with Gasteiger partial charge >= 0.3 is 0 Å². The first-order valence-electron chi connectivity index (χ1n) is 9.02. The second-order valence-corrected chi connectivity index (χ2v) is 6.43. The number of carbonyl (C=O) groups excluding carboxylic acids is 2. The van der Waals surface area contributed by atoms with E-state index >= 15 is 0 Å². The molecule has 0 bridgehead atoms. The molecular formula is C19H29N3O3. The maximum absolute atomic E-state index is 12.2. The molecule has 2 N–H and O–H groups in total. The van der Waals surface area contributed by atoms with Crippen LogP contribution >= 0.6 is 0 Å². The first-order valence-corrected chi connectivity index (χ1v) is 9.02. The van der Waals surface area contributed by atoms with Crippen LogP contribution in [0.1, 0.15) is 31.7 Å². The van der Waals surface area contributed by atoms with Crippen LogP contribution in [0.5, 0.6) is 5.75 Å². The van der Waals surface area contributed by atoms with Gasteiger partial charge in [0, 0.05) is 24.6 Å². The Labute approximate surface area is 149 Å². The summed E-state index contributed by atoms with van der Waals surface area (Å²) in [5.74, 6) is 1.02. The van der Waals surface area contributed by atoms with E-state index in [4.69, 9.17) is 4.74 Å². The maximum atomic E-state index is 12.2. The molecule has 0 unspecified atom stereocenters. The zero-order valence-electron chi connectivity index (χ0n) is 15.2. The van der Waals surface area contributed by atoms with Crippen LogP contribution in [0.15, 0.2) is 24.3 Å². The normalized spacial score (nSPS) is 15.6. The average molecular weight is 347 g/mol. The van der Waals surface area contributed by atoms with Gasteiger partial charge in [0.2, 0.25) is 11.8 Å². The van der Waals surface area contributed by atoms with Crippen LogP contribution in [0.4, 0.5) is 0 Å². The van der Waals surface area contributed by atoms with Crippen LogP contribution in [-0.4, -0.2) is 50.0 Å². The summed E-state index contributed by atoms with van der Waals surface area (Å²) in [6.07, 6.45) is 2.58. The third kappa shape index (κ3) is 6.05. The Hall–Kier alpha value is -2.08. The predicted molar refractivity (Wildman–Crippen MR) is 97.3 cm³/mol. The number of piperidine rings is 1. The molecule has 1 aromatic carbocycles. The number of methoxy groups -OCH3 is 1. The van der Waals surface area contributed by atoms with Crippen LogP contribution in [0.25, 0.3) is 0 Å². The molecule has 2 rings (SSSR count). The lowest BCUT2D eigenvalue weighted by molar-refractivity contribution is -0.126. The summed E-state index contributed by atoms with van der Waals surface area (Å²) >= 11 is 0. The van der Waals surface area contributed by atoms with E-state index in [9.17, 15) is 9.59 Å². The van der Waals surface area contributed by atoms with E-state index in [1.54, 1.807) is 7.11 Å². The number of rotatable bonds is 8. The number of para-hydroxylation sites is 1. The molecule has 2 amide bonds. The Morgan fingerprint density at radius 2 is 1.92 bits per heavy atom. The van der Waals surface area contributed by atoms with Gasteiger partial charge in [-0.2, -0.15) is 0 Å². The van der Waals surface area contributed by atoms with Gasteiger partial charge < -0.3 is 15.4 Å². The van der Waals surface area contributed by atoms with Crippen molar-refractivity contribution in [1.82, 2.24) is 15.5 Å². The molecule has 0 aliphatic carbocycles. The van der Waals surface area contributed by atoms with Crippen molar-refractivity contribution in [1.29, 1.82) is 0 Å². The van der Waals surface area contributed by atoms with Gasteiger partial charge in [-0.05, 0) is 38.4 Å². The Kier molecular flexibility index (Phi) is 7.73. The van der Waals surface area contributed by atoms with Gasteiger partial charge in [0.1, 0.15) is 5.75 Å². The van der Waals surface area contributed by atoms with Crippen molar-refractivity contribution in [3.8, 4) is 5.75 Å². The standard InChI is InChI=1S/C19H29N3O3/c1-3-10-20-19(24)15-8-11-22(12-9-15)14-18(23)21-13-16-6-4-5-7-17(16)25-2/h4-7,15H,3,8-14H2,1-2H3,(H,20,24)(H,21,23). The van der Waals surface area contributed by atoms with Gasteiger partial charge in [0.15, 0.2) is 0 Å². The number of carbonyl (C=O) groups is 2. The number of hydrogen-bond acceptors (Lipinski definition) is 4. The zero-order valence-corrected chi connectivity index (χ0v) is 15.2. The van der Waals surface area contributed by atoms with E-state index in [1.807, 2.05) is 31.2 Å². The molecule has 1 fully saturated rings. The number of hydrogen-bond donors (Lipinski definition) is 2. The molecule has 6 nitrogen and oxygen atoms in total. The van der Waals surface area contributed by atoms with Crippen LogP contribution in [0.3, 0.4) is 0 Å². The molecule has 1 aromatic rings. The molecule has 0 radical (unpaired) electrons. The Morgan fingerprint density at radius 1 is 1.20 bits per heavy atom. The largest absolute Gasteiger partial charge is 0.496 e. The predicted octanol–water partition coefficient (Wildman–Crippen LogP) is 1.55. The van der Waals surface area contributed by atoms with Gasteiger partial charge in [-0.3, -0.25) is 14.5 Å². The molecule has 0 aromatic heterocycles. The van der Waals surface area contributed by atoms with E-state index in [-0.39, 0.29) is 17.7 Å². The molecule has 25 heavy (non-hydrogen) atoms. The number of benzene rings is 1. The summed E-state index contributed by atoms with van der Waals surface area (Å²) in [5, 5.41) is 5.90. The van der Waals surface area contributed by atoms with Gasteiger partial charge in [-0.1, -0.05) is 25.1 Å². The summed E-state index contributed by atoms with van der Waals surface area (Å²) in [7, 11) is 1.63. The topological polar surface area (TPSA) is 70.7 Å². The summed E-state index contributed by atoms with van der Waals surface area (Å²) in [6, 6.07) is 7.67. The molecular weight excluding hydrogens is 318 g/mol. The average Bonchev–Trinajstić information content (AvgIpc) is 2.65. The second kappa shape index (κ2) is 10.0. The maximum Gasteiger partial charge on any atom is 0.234 e. The molecule has 0 atom stereocenters. The number of amides is 2. The van der Waals surface area contributed by atoms with Crippen LogP contribution < -0.4 is 15.4 Å². The summed E-state index contributed by atoms with van der Waals surface area (Å²) in [4.78, 5) is 26.3. The first-order chi connectivity index (χ1) is 12.1. The fourth-order valence-electron chi connectivity index (χ4n) is 3.05. The summed E-state index contributed by atoms with van der Waals surface area (Å²) in [6.45, 7) is 5.19. The Morgan fingerprint density at radius 3 is 2.60 bits per heavy atom. The van der Waals surface area contributed by atoms with Crippen LogP contribution in [0, 0.1) is 5.92 Å². The molecule has 1 aliphatic rings. The molecule has 138 valence electrons. The highest BCUT2D eigenvalue weighted by molar-refractivity contribution is 5.79. The van der Waals surface area contributed by atoms with E-state index in [1.165, 1.54) is 0 Å². The SMILES string of the molecule is CCCNC(=O)C1CCN(CC(=O)NCc2ccccc2OC)CC1. The monoisotopic (exact) mass is 347 g/mol. The van der Waals surface area contributed by atoms with Crippen molar-refractivity contribution in [2.24, 2.45) is 5.92 Å². The highest BCUT2D eigenvalue weighted by Crippen LogP contribution is 2.18. The lowest BCUT2D eigenvalue weighted by Crippen LogP contribution is -2.44. The zero-order chi connectivity index (χ0) is 18.1. The highest BCUT2D eigenvalue weighted by atomic mass is 16.5. The fraction of sp³-hybridized carbons (Fsp3) is 0.579.